The van der Waals surface area contributed by atoms with Crippen LogP contribution in [0.5, 0.6) is 0 Å². The molecule has 0 spiro atoms. The van der Waals surface area contributed by atoms with Gasteiger partial charge in [0.1, 0.15) is 5.82 Å². The molecule has 1 saturated heterocycles. The van der Waals surface area contributed by atoms with Gasteiger partial charge in [0, 0.05) is 36.8 Å². The van der Waals surface area contributed by atoms with Crippen LogP contribution in [-0.2, 0) is 4.79 Å². The second kappa shape index (κ2) is 9.22. The largest absolute Gasteiger partial charge is 0.353 e. The van der Waals surface area contributed by atoms with Crippen LogP contribution in [0.3, 0.4) is 0 Å². The number of anilines is 1. The quantitative estimate of drug-likeness (QED) is 0.769. The molecule has 8 heteroatoms. The van der Waals surface area contributed by atoms with Gasteiger partial charge in [-0.05, 0) is 40.9 Å². The molecule has 1 aliphatic carbocycles. The van der Waals surface area contributed by atoms with E-state index in [1.807, 2.05) is 23.2 Å². The van der Waals surface area contributed by atoms with Gasteiger partial charge in [0.25, 0.3) is 0 Å². The Balaban J connectivity index is 0.00000144. The summed E-state index contributed by atoms with van der Waals surface area (Å²) in [5.74, 6) is 1.12. The van der Waals surface area contributed by atoms with E-state index in [1.165, 1.54) is 6.42 Å². The third-order valence-corrected chi connectivity index (χ3v) is 5.24. The Morgan fingerprint density at radius 1 is 1.08 bits per heavy atom. The van der Waals surface area contributed by atoms with Crippen LogP contribution >= 0.6 is 40.7 Å². The summed E-state index contributed by atoms with van der Waals surface area (Å²) in [6.07, 6.45) is 6.83. The number of carbonyl (C=O) groups is 1. The summed E-state index contributed by atoms with van der Waals surface area (Å²) in [5, 5.41) is 0. The number of halogens is 3. The zero-order valence-corrected chi connectivity index (χ0v) is 16.8. The normalized spacial score (nSPS) is 19.9. The lowest BCUT2D eigenvalue weighted by atomic mass is 9.81. The van der Waals surface area contributed by atoms with E-state index in [4.69, 9.17) is 5.73 Å². The summed E-state index contributed by atoms with van der Waals surface area (Å²) >= 11 is 3.40. The van der Waals surface area contributed by atoms with Gasteiger partial charge in [-0.25, -0.2) is 4.98 Å². The summed E-state index contributed by atoms with van der Waals surface area (Å²) in [6.45, 7) is 3.10. The lowest BCUT2D eigenvalue weighted by Crippen LogP contribution is -2.60. The summed E-state index contributed by atoms with van der Waals surface area (Å²) < 4.78 is 0.979. The van der Waals surface area contributed by atoms with Crippen molar-refractivity contribution in [2.75, 3.05) is 31.1 Å². The van der Waals surface area contributed by atoms with Crippen molar-refractivity contribution in [1.29, 1.82) is 0 Å². The monoisotopic (exact) mass is 438 g/mol. The van der Waals surface area contributed by atoms with Gasteiger partial charge in [0.15, 0.2) is 0 Å². The number of hydrogen-bond donors (Lipinski definition) is 1. The Bertz CT molecular complexity index is 529. The molecule has 1 aromatic rings. The lowest BCUT2D eigenvalue weighted by Gasteiger charge is -2.41. The van der Waals surface area contributed by atoms with Gasteiger partial charge in [-0.1, -0.05) is 19.3 Å². The predicted molar refractivity (Wildman–Crippen MR) is 105 cm³/mol. The van der Waals surface area contributed by atoms with Crippen molar-refractivity contribution >= 4 is 52.5 Å². The van der Waals surface area contributed by atoms with Crippen molar-refractivity contribution in [2.45, 2.75) is 37.6 Å². The first kappa shape index (κ1) is 21.5. The highest BCUT2D eigenvalue weighted by Gasteiger charge is 2.39. The van der Waals surface area contributed by atoms with Crippen LogP contribution in [0, 0.1) is 0 Å². The molecule has 2 heterocycles. The number of amides is 1. The number of aromatic nitrogens is 1. The van der Waals surface area contributed by atoms with E-state index in [9.17, 15) is 4.79 Å². The first-order valence-corrected chi connectivity index (χ1v) is 8.83. The minimum atomic E-state index is -0.615. The Morgan fingerprint density at radius 2 is 1.71 bits per heavy atom. The second-order valence-electron chi connectivity index (χ2n) is 6.33. The molecule has 2 N–H and O–H groups in total. The van der Waals surface area contributed by atoms with Crippen LogP contribution in [0.1, 0.15) is 32.1 Å². The van der Waals surface area contributed by atoms with Gasteiger partial charge >= 0.3 is 0 Å². The molecular weight excluding hydrogens is 415 g/mol. The van der Waals surface area contributed by atoms with Crippen molar-refractivity contribution in [2.24, 2.45) is 5.73 Å². The van der Waals surface area contributed by atoms with E-state index in [0.717, 1.165) is 62.2 Å². The summed E-state index contributed by atoms with van der Waals surface area (Å²) in [7, 11) is 0. The Kier molecular flexibility index (Phi) is 8.26. The third kappa shape index (κ3) is 4.75. The molecule has 0 atom stereocenters. The van der Waals surface area contributed by atoms with Crippen LogP contribution in [0.4, 0.5) is 5.82 Å². The first-order chi connectivity index (χ1) is 10.6. The van der Waals surface area contributed by atoms with Crippen LogP contribution in [0.25, 0.3) is 0 Å². The van der Waals surface area contributed by atoms with Gasteiger partial charge in [0.2, 0.25) is 5.91 Å². The fourth-order valence-corrected chi connectivity index (χ4v) is 3.64. The predicted octanol–water partition coefficient (Wildman–Crippen LogP) is 3.00. The number of piperazine rings is 1. The number of hydrogen-bond acceptors (Lipinski definition) is 4. The highest BCUT2D eigenvalue weighted by molar-refractivity contribution is 9.10. The van der Waals surface area contributed by atoms with Crippen molar-refractivity contribution in [3.8, 4) is 0 Å². The van der Waals surface area contributed by atoms with E-state index in [2.05, 4.69) is 25.8 Å². The SMILES string of the molecule is Cl.Cl.NC1(C(=O)N2CCN(c3ccc(Br)cn3)CC2)CCCCC1. The van der Waals surface area contributed by atoms with Crippen LogP contribution in [0.2, 0.25) is 0 Å². The number of nitrogens with zero attached hydrogens (tertiary/aromatic N) is 3. The van der Waals surface area contributed by atoms with Gasteiger partial charge < -0.3 is 15.5 Å². The molecule has 0 bridgehead atoms. The van der Waals surface area contributed by atoms with Crippen molar-refractivity contribution < 1.29 is 4.79 Å². The van der Waals surface area contributed by atoms with Crippen molar-refractivity contribution in [3.63, 3.8) is 0 Å². The fourth-order valence-electron chi connectivity index (χ4n) is 3.41. The molecule has 1 aliphatic heterocycles. The number of rotatable bonds is 2. The molecule has 2 aliphatic rings. The number of pyridine rings is 1. The van der Waals surface area contributed by atoms with Crippen LogP contribution < -0.4 is 10.6 Å². The Labute approximate surface area is 164 Å². The molecule has 5 nitrogen and oxygen atoms in total. The van der Waals surface area contributed by atoms with Crippen LogP contribution in [-0.4, -0.2) is 47.5 Å². The maximum atomic E-state index is 12.7. The van der Waals surface area contributed by atoms with Crippen LogP contribution in [0.15, 0.2) is 22.8 Å². The second-order valence-corrected chi connectivity index (χ2v) is 7.25. The van der Waals surface area contributed by atoms with Gasteiger partial charge in [-0.3, -0.25) is 4.79 Å². The molecule has 24 heavy (non-hydrogen) atoms. The van der Waals surface area contributed by atoms with E-state index >= 15 is 0 Å². The molecule has 1 saturated carbocycles. The molecular formula is C16H25BrCl2N4O. The maximum absolute atomic E-state index is 12.7. The number of carbonyl (C=O) groups excluding carboxylic acids is 1. The average molecular weight is 440 g/mol. The molecule has 1 aromatic heterocycles. The highest BCUT2D eigenvalue weighted by atomic mass is 79.9. The Morgan fingerprint density at radius 3 is 2.25 bits per heavy atom. The topological polar surface area (TPSA) is 62.5 Å². The molecule has 1 amide bonds. The maximum Gasteiger partial charge on any atom is 0.242 e. The number of nitrogens with two attached hydrogens (primary N) is 1. The molecule has 0 radical (unpaired) electrons. The molecule has 0 aromatic carbocycles. The van der Waals surface area contributed by atoms with E-state index in [0.29, 0.717) is 0 Å². The minimum absolute atomic E-state index is 0. The highest BCUT2D eigenvalue weighted by Crippen LogP contribution is 2.28. The van der Waals surface area contributed by atoms with E-state index in [-0.39, 0.29) is 30.7 Å². The molecule has 136 valence electrons. The van der Waals surface area contributed by atoms with E-state index in [1.54, 1.807) is 0 Å². The zero-order valence-electron chi connectivity index (χ0n) is 13.6. The first-order valence-electron chi connectivity index (χ1n) is 8.03. The van der Waals surface area contributed by atoms with Crippen molar-refractivity contribution in [1.82, 2.24) is 9.88 Å². The summed E-state index contributed by atoms with van der Waals surface area (Å²) in [6, 6.07) is 4.00. The van der Waals surface area contributed by atoms with Crippen molar-refractivity contribution in [3.05, 3.63) is 22.8 Å². The Hall–Kier alpha value is -0.560. The summed E-state index contributed by atoms with van der Waals surface area (Å²) in [4.78, 5) is 21.3. The molecule has 0 unspecified atom stereocenters. The average Bonchev–Trinajstić information content (AvgIpc) is 2.56. The zero-order chi connectivity index (χ0) is 15.6. The van der Waals surface area contributed by atoms with Gasteiger partial charge in [0.05, 0.1) is 5.54 Å². The lowest BCUT2D eigenvalue weighted by molar-refractivity contribution is -0.138. The standard InChI is InChI=1S/C16H23BrN4O.2ClH/c17-13-4-5-14(19-12-13)20-8-10-21(11-9-20)15(22)16(18)6-2-1-3-7-16;;/h4-5,12H,1-3,6-11,18H2;2*1H. The molecule has 3 rings (SSSR count). The minimum Gasteiger partial charge on any atom is -0.353 e. The van der Waals surface area contributed by atoms with Gasteiger partial charge in [-0.2, -0.15) is 0 Å². The fraction of sp³-hybridized carbons (Fsp3) is 0.625. The van der Waals surface area contributed by atoms with Gasteiger partial charge in [-0.15, -0.1) is 24.8 Å². The molecule has 2 fully saturated rings. The third-order valence-electron chi connectivity index (χ3n) is 4.77. The smallest absolute Gasteiger partial charge is 0.242 e. The van der Waals surface area contributed by atoms with E-state index < -0.39 is 5.54 Å². The summed E-state index contributed by atoms with van der Waals surface area (Å²) in [5.41, 5.74) is 5.76.